The molecule has 0 atom stereocenters. The molecule has 3 aromatic rings. The lowest BCUT2D eigenvalue weighted by molar-refractivity contribution is -0.119. The Morgan fingerprint density at radius 2 is 1.92 bits per heavy atom. The van der Waals surface area contributed by atoms with E-state index >= 15 is 0 Å². The van der Waals surface area contributed by atoms with Gasteiger partial charge in [0.25, 0.3) is 0 Å². The number of carbonyl (C=O) groups is 1. The zero-order valence-electron chi connectivity index (χ0n) is 13.2. The van der Waals surface area contributed by atoms with Crippen molar-refractivity contribution in [2.75, 3.05) is 0 Å². The first-order chi connectivity index (χ1) is 11.6. The van der Waals surface area contributed by atoms with Gasteiger partial charge in [-0.05, 0) is 29.3 Å². The van der Waals surface area contributed by atoms with Crippen LogP contribution in [0.1, 0.15) is 23.6 Å². The van der Waals surface area contributed by atoms with Crippen LogP contribution in [0.25, 0.3) is 11.0 Å². The minimum Gasteiger partial charge on any atom is -0.352 e. The lowest BCUT2D eigenvalue weighted by Gasteiger charge is -2.06. The van der Waals surface area contributed by atoms with E-state index in [1.165, 1.54) is 6.92 Å². The van der Waals surface area contributed by atoms with Gasteiger partial charge in [0.1, 0.15) is 0 Å². The van der Waals surface area contributed by atoms with Crippen molar-refractivity contribution in [1.82, 2.24) is 14.9 Å². The standard InChI is InChI=1S/C18H16N4O2/c1-12(23)20-10-13-2-4-14(5-3-13)11-22-17-8-15(9-19)6-7-16(17)21-18(22)24/h2-8H,10-11H2,1H3,(H,20,23)(H,21,24). The number of nitriles is 1. The highest BCUT2D eigenvalue weighted by molar-refractivity contribution is 5.77. The Kier molecular flexibility index (Phi) is 4.17. The van der Waals surface area contributed by atoms with Gasteiger partial charge in [0.2, 0.25) is 5.91 Å². The van der Waals surface area contributed by atoms with Crippen molar-refractivity contribution >= 4 is 16.9 Å². The van der Waals surface area contributed by atoms with Crippen molar-refractivity contribution in [2.24, 2.45) is 0 Å². The molecule has 0 saturated heterocycles. The van der Waals surface area contributed by atoms with E-state index in [0.29, 0.717) is 29.7 Å². The summed E-state index contributed by atoms with van der Waals surface area (Å²) in [4.78, 5) is 25.9. The van der Waals surface area contributed by atoms with Crippen molar-refractivity contribution in [3.8, 4) is 6.07 Å². The number of imidazole rings is 1. The molecule has 120 valence electrons. The lowest BCUT2D eigenvalue weighted by atomic mass is 10.1. The average molecular weight is 320 g/mol. The van der Waals surface area contributed by atoms with Gasteiger partial charge in [0.05, 0.1) is 29.2 Å². The first kappa shape index (κ1) is 15.6. The summed E-state index contributed by atoms with van der Waals surface area (Å²) in [6.45, 7) is 2.37. The third-order valence-electron chi connectivity index (χ3n) is 3.81. The Morgan fingerprint density at radius 1 is 1.21 bits per heavy atom. The molecule has 0 spiro atoms. The van der Waals surface area contributed by atoms with Gasteiger partial charge >= 0.3 is 5.69 Å². The van der Waals surface area contributed by atoms with Crippen molar-refractivity contribution in [3.05, 3.63) is 69.6 Å². The van der Waals surface area contributed by atoms with Crippen LogP contribution in [0, 0.1) is 11.3 Å². The summed E-state index contributed by atoms with van der Waals surface area (Å²) in [6.07, 6.45) is 0. The summed E-state index contributed by atoms with van der Waals surface area (Å²) >= 11 is 0. The van der Waals surface area contributed by atoms with Crippen LogP contribution < -0.4 is 11.0 Å². The second-order valence-corrected chi connectivity index (χ2v) is 5.59. The third kappa shape index (κ3) is 3.20. The zero-order valence-corrected chi connectivity index (χ0v) is 13.2. The molecule has 6 nitrogen and oxygen atoms in total. The molecule has 0 bridgehead atoms. The van der Waals surface area contributed by atoms with Gasteiger partial charge in [-0.15, -0.1) is 0 Å². The summed E-state index contributed by atoms with van der Waals surface area (Å²) < 4.78 is 1.61. The van der Waals surface area contributed by atoms with Gasteiger partial charge in [-0.1, -0.05) is 24.3 Å². The van der Waals surface area contributed by atoms with E-state index in [9.17, 15) is 9.59 Å². The Labute approximate surface area is 138 Å². The fraction of sp³-hybridized carbons (Fsp3) is 0.167. The summed E-state index contributed by atoms with van der Waals surface area (Å²) in [6, 6.07) is 14.9. The van der Waals surface area contributed by atoms with Crippen LogP contribution in [0.15, 0.2) is 47.3 Å². The lowest BCUT2D eigenvalue weighted by Crippen LogP contribution is -2.19. The monoisotopic (exact) mass is 320 g/mol. The highest BCUT2D eigenvalue weighted by atomic mass is 16.1. The average Bonchev–Trinajstić information content (AvgIpc) is 2.89. The second kappa shape index (κ2) is 6.42. The number of fused-ring (bicyclic) bond motifs is 1. The predicted molar refractivity (Wildman–Crippen MR) is 90.3 cm³/mol. The van der Waals surface area contributed by atoms with Gasteiger partial charge in [-0.2, -0.15) is 5.26 Å². The summed E-state index contributed by atoms with van der Waals surface area (Å²) in [5, 5.41) is 11.8. The smallest absolute Gasteiger partial charge is 0.326 e. The first-order valence-electron chi connectivity index (χ1n) is 7.52. The van der Waals surface area contributed by atoms with E-state index in [2.05, 4.69) is 16.4 Å². The first-order valence-corrected chi connectivity index (χ1v) is 7.52. The van der Waals surface area contributed by atoms with Gasteiger partial charge in [0.15, 0.2) is 0 Å². The molecule has 24 heavy (non-hydrogen) atoms. The quantitative estimate of drug-likeness (QED) is 0.769. The molecule has 6 heteroatoms. The molecule has 0 unspecified atom stereocenters. The molecular weight excluding hydrogens is 304 g/mol. The number of nitrogens with zero attached hydrogens (tertiary/aromatic N) is 2. The molecule has 0 saturated carbocycles. The van der Waals surface area contributed by atoms with Crippen LogP contribution in [0.5, 0.6) is 0 Å². The Bertz CT molecular complexity index is 991. The van der Waals surface area contributed by atoms with Crippen LogP contribution in [-0.2, 0) is 17.9 Å². The fourth-order valence-corrected chi connectivity index (χ4v) is 2.55. The largest absolute Gasteiger partial charge is 0.352 e. The normalized spacial score (nSPS) is 10.5. The molecule has 2 aromatic carbocycles. The number of aromatic nitrogens is 2. The Morgan fingerprint density at radius 3 is 2.58 bits per heavy atom. The molecule has 0 aliphatic rings. The molecule has 0 fully saturated rings. The number of nitrogens with one attached hydrogen (secondary N) is 2. The van der Waals surface area contributed by atoms with E-state index in [-0.39, 0.29) is 11.6 Å². The summed E-state index contributed by atoms with van der Waals surface area (Å²) in [5.74, 6) is -0.0716. The van der Waals surface area contributed by atoms with E-state index in [1.807, 2.05) is 24.3 Å². The molecule has 2 N–H and O–H groups in total. The SMILES string of the molecule is CC(=O)NCc1ccc(Cn2c(=O)[nH]c3ccc(C#N)cc32)cc1. The Balaban J connectivity index is 1.87. The van der Waals surface area contributed by atoms with Crippen LogP contribution >= 0.6 is 0 Å². The van der Waals surface area contributed by atoms with Crippen LogP contribution in [-0.4, -0.2) is 15.5 Å². The number of rotatable bonds is 4. The van der Waals surface area contributed by atoms with Crippen LogP contribution in [0.3, 0.4) is 0 Å². The summed E-state index contributed by atoms with van der Waals surface area (Å²) in [7, 11) is 0. The highest BCUT2D eigenvalue weighted by Crippen LogP contribution is 2.14. The number of aromatic amines is 1. The topological polar surface area (TPSA) is 90.7 Å². The molecule has 0 radical (unpaired) electrons. The van der Waals surface area contributed by atoms with Crippen LogP contribution in [0.4, 0.5) is 0 Å². The van der Waals surface area contributed by atoms with E-state index < -0.39 is 0 Å². The third-order valence-corrected chi connectivity index (χ3v) is 3.81. The molecule has 1 aromatic heterocycles. The number of hydrogen-bond donors (Lipinski definition) is 2. The molecule has 0 aliphatic heterocycles. The van der Waals surface area contributed by atoms with Gasteiger partial charge in [-0.25, -0.2) is 4.79 Å². The van der Waals surface area contributed by atoms with E-state index in [0.717, 1.165) is 11.1 Å². The maximum Gasteiger partial charge on any atom is 0.326 e. The minimum absolute atomic E-state index is 0.0716. The maximum absolute atomic E-state index is 12.2. The fourth-order valence-electron chi connectivity index (χ4n) is 2.55. The number of carbonyl (C=O) groups excluding carboxylic acids is 1. The molecular formula is C18H16N4O2. The van der Waals surface area contributed by atoms with Crippen LogP contribution in [0.2, 0.25) is 0 Å². The zero-order chi connectivity index (χ0) is 17.1. The van der Waals surface area contributed by atoms with Crippen molar-refractivity contribution in [1.29, 1.82) is 5.26 Å². The highest BCUT2D eigenvalue weighted by Gasteiger charge is 2.08. The number of amides is 1. The molecule has 1 amide bonds. The Hall–Kier alpha value is -3.33. The van der Waals surface area contributed by atoms with E-state index in [4.69, 9.17) is 5.26 Å². The molecule has 3 rings (SSSR count). The minimum atomic E-state index is -0.206. The number of H-pyrrole nitrogens is 1. The maximum atomic E-state index is 12.2. The number of hydrogen-bond acceptors (Lipinski definition) is 3. The molecule has 1 heterocycles. The van der Waals surface area contributed by atoms with Crippen molar-refractivity contribution in [2.45, 2.75) is 20.0 Å². The summed E-state index contributed by atoms with van der Waals surface area (Å²) in [5.41, 5.74) is 3.69. The van der Waals surface area contributed by atoms with Gasteiger partial charge < -0.3 is 10.3 Å². The van der Waals surface area contributed by atoms with Crippen molar-refractivity contribution in [3.63, 3.8) is 0 Å². The van der Waals surface area contributed by atoms with E-state index in [1.54, 1.807) is 22.8 Å². The van der Waals surface area contributed by atoms with Crippen molar-refractivity contribution < 1.29 is 4.79 Å². The van der Waals surface area contributed by atoms with Gasteiger partial charge in [-0.3, -0.25) is 9.36 Å². The number of benzene rings is 2. The molecule has 0 aliphatic carbocycles. The second-order valence-electron chi connectivity index (χ2n) is 5.59. The predicted octanol–water partition coefficient (Wildman–Crippen LogP) is 1.89. The van der Waals surface area contributed by atoms with Gasteiger partial charge in [0, 0.05) is 13.5 Å².